The number of nitrogens with one attached hydrogen (secondary N) is 1. The van der Waals surface area contributed by atoms with Gasteiger partial charge in [0.25, 0.3) is 0 Å². The summed E-state index contributed by atoms with van der Waals surface area (Å²) in [6.07, 6.45) is 3.90. The number of carbonyl (C=O) groups excluding carboxylic acids is 1. The molecule has 0 saturated carbocycles. The molecule has 1 aromatic carbocycles. The van der Waals surface area contributed by atoms with Crippen LogP contribution in [0.1, 0.15) is 29.6 Å². The molecule has 3 heterocycles. The number of amides is 1. The number of anilines is 2. The number of nitrogens with zero attached hydrogens (tertiary/aromatic N) is 5. The second kappa shape index (κ2) is 8.62. The van der Waals surface area contributed by atoms with Crippen molar-refractivity contribution in [2.24, 2.45) is 0 Å². The third-order valence-electron chi connectivity index (χ3n) is 5.49. The van der Waals surface area contributed by atoms with Crippen molar-refractivity contribution in [3.8, 4) is 0 Å². The Labute approximate surface area is 183 Å². The van der Waals surface area contributed by atoms with Crippen molar-refractivity contribution in [2.45, 2.75) is 45.4 Å². The van der Waals surface area contributed by atoms with E-state index in [9.17, 15) is 18.7 Å². The topological polar surface area (TPSA) is 96.2 Å². The average Bonchev–Trinajstić information content (AvgIpc) is 3.17. The number of halogens is 2. The molecular formula is C22H24F2N6O2. The number of fused-ring (bicyclic) bond motifs is 1. The zero-order valence-electron chi connectivity index (χ0n) is 18.0. The van der Waals surface area contributed by atoms with Gasteiger partial charge in [-0.15, -0.1) is 0 Å². The summed E-state index contributed by atoms with van der Waals surface area (Å²) < 4.78 is 28.2. The van der Waals surface area contributed by atoms with E-state index in [1.54, 1.807) is 36.7 Å². The number of likely N-dealkylation sites (N-methyl/N-ethyl adjacent to an activating group) is 1. The van der Waals surface area contributed by atoms with Crippen molar-refractivity contribution in [1.29, 1.82) is 0 Å². The van der Waals surface area contributed by atoms with Crippen molar-refractivity contribution < 1.29 is 18.7 Å². The van der Waals surface area contributed by atoms with Crippen LogP contribution in [0.2, 0.25) is 0 Å². The Bertz CT molecular complexity index is 1160. The highest BCUT2D eigenvalue weighted by atomic mass is 19.2. The lowest BCUT2D eigenvalue weighted by molar-refractivity contribution is -0.119. The van der Waals surface area contributed by atoms with Crippen LogP contribution < -0.4 is 10.2 Å². The third kappa shape index (κ3) is 4.31. The first-order chi connectivity index (χ1) is 15.2. The van der Waals surface area contributed by atoms with E-state index < -0.39 is 23.8 Å². The molecule has 0 fully saturated rings. The minimum absolute atomic E-state index is 0.289. The van der Waals surface area contributed by atoms with Gasteiger partial charge in [-0.1, -0.05) is 6.07 Å². The summed E-state index contributed by atoms with van der Waals surface area (Å²) in [5.74, 6) is -0.856. The Kier molecular flexibility index (Phi) is 5.88. The number of rotatable bonds is 6. The predicted molar refractivity (Wildman–Crippen MR) is 114 cm³/mol. The van der Waals surface area contributed by atoms with Crippen LogP contribution in [-0.2, 0) is 24.2 Å². The molecule has 3 aromatic rings. The van der Waals surface area contributed by atoms with E-state index in [1.165, 1.54) is 6.07 Å². The number of aliphatic hydroxyl groups is 1. The Morgan fingerprint density at radius 2 is 1.97 bits per heavy atom. The summed E-state index contributed by atoms with van der Waals surface area (Å²) in [7, 11) is 1.73. The fourth-order valence-electron chi connectivity index (χ4n) is 3.88. The van der Waals surface area contributed by atoms with Gasteiger partial charge in [0, 0.05) is 19.7 Å². The standard InChI is InChI=1S/C22H24F2N6O2/c1-12-19-21(29(3)20(13(2)31)22(32)28-19)27-18(26-12)7-5-15-9-25-30(11-15)10-14-4-6-16(23)17(24)8-14/h4,6,8-9,11,13,20,31H,5,7,10H2,1-3H3,(H,28,32)/t13-,20-/m0/s1. The van der Waals surface area contributed by atoms with E-state index in [1.807, 2.05) is 6.20 Å². The molecule has 2 atom stereocenters. The third-order valence-corrected chi connectivity index (χ3v) is 5.49. The first-order valence-electron chi connectivity index (χ1n) is 10.3. The Morgan fingerprint density at radius 3 is 2.69 bits per heavy atom. The highest BCUT2D eigenvalue weighted by molar-refractivity contribution is 6.03. The van der Waals surface area contributed by atoms with Crippen LogP contribution in [0.4, 0.5) is 20.3 Å². The molecule has 1 aliphatic heterocycles. The van der Waals surface area contributed by atoms with Crippen molar-refractivity contribution in [1.82, 2.24) is 19.7 Å². The molecule has 0 spiro atoms. The van der Waals surface area contributed by atoms with E-state index >= 15 is 0 Å². The summed E-state index contributed by atoms with van der Waals surface area (Å²) >= 11 is 0. The fraction of sp³-hybridized carbons (Fsp3) is 0.364. The first-order valence-corrected chi connectivity index (χ1v) is 10.3. The van der Waals surface area contributed by atoms with Crippen LogP contribution in [0.25, 0.3) is 0 Å². The average molecular weight is 442 g/mol. The zero-order chi connectivity index (χ0) is 23.0. The second-order valence-corrected chi connectivity index (χ2v) is 8.00. The first kappa shape index (κ1) is 21.8. The predicted octanol–water partition coefficient (Wildman–Crippen LogP) is 2.23. The molecular weight excluding hydrogens is 418 g/mol. The maximum Gasteiger partial charge on any atom is 0.249 e. The minimum atomic E-state index is -0.881. The SMILES string of the molecule is Cc1nc(CCc2cnn(Cc3ccc(F)c(F)c3)c2)nc2c1NC(=O)[C@H]([C@H](C)O)N2C. The van der Waals surface area contributed by atoms with Gasteiger partial charge in [-0.25, -0.2) is 18.7 Å². The summed E-state index contributed by atoms with van der Waals surface area (Å²) in [6.45, 7) is 3.70. The van der Waals surface area contributed by atoms with Crippen LogP contribution >= 0.6 is 0 Å². The fourth-order valence-corrected chi connectivity index (χ4v) is 3.88. The van der Waals surface area contributed by atoms with Crippen LogP contribution in [0.5, 0.6) is 0 Å². The van der Waals surface area contributed by atoms with Gasteiger partial charge in [0.15, 0.2) is 17.5 Å². The zero-order valence-corrected chi connectivity index (χ0v) is 18.0. The maximum atomic E-state index is 13.4. The number of aliphatic hydroxyl groups excluding tert-OH is 1. The van der Waals surface area contributed by atoms with Gasteiger partial charge >= 0.3 is 0 Å². The highest BCUT2D eigenvalue weighted by Crippen LogP contribution is 2.32. The molecule has 0 bridgehead atoms. The summed E-state index contributed by atoms with van der Waals surface area (Å²) in [5, 5.41) is 17.1. The number of hydrogen-bond acceptors (Lipinski definition) is 6. The Balaban J connectivity index is 1.46. The monoisotopic (exact) mass is 442 g/mol. The van der Waals surface area contributed by atoms with Gasteiger partial charge in [0.1, 0.15) is 17.6 Å². The van der Waals surface area contributed by atoms with E-state index in [0.29, 0.717) is 48.0 Å². The normalized spacial score (nSPS) is 16.6. The molecule has 2 N–H and O–H groups in total. The minimum Gasteiger partial charge on any atom is -0.391 e. The number of benzene rings is 1. The molecule has 2 aromatic heterocycles. The van der Waals surface area contributed by atoms with Gasteiger partial charge in [0.05, 0.1) is 24.5 Å². The summed E-state index contributed by atoms with van der Waals surface area (Å²) in [5.41, 5.74) is 2.78. The van der Waals surface area contributed by atoms with E-state index in [4.69, 9.17) is 0 Å². The lowest BCUT2D eigenvalue weighted by atomic mass is 10.1. The van der Waals surface area contributed by atoms with Crippen molar-refractivity contribution >= 4 is 17.4 Å². The van der Waals surface area contributed by atoms with E-state index in [2.05, 4.69) is 20.4 Å². The number of hydrogen-bond donors (Lipinski definition) is 2. The van der Waals surface area contributed by atoms with Gasteiger partial charge in [0.2, 0.25) is 5.91 Å². The molecule has 4 rings (SSSR count). The lowest BCUT2D eigenvalue weighted by Crippen LogP contribution is -2.52. The molecule has 0 saturated heterocycles. The smallest absolute Gasteiger partial charge is 0.249 e. The van der Waals surface area contributed by atoms with Gasteiger partial charge < -0.3 is 15.3 Å². The van der Waals surface area contributed by atoms with Crippen LogP contribution in [0.3, 0.4) is 0 Å². The molecule has 0 unspecified atom stereocenters. The number of aryl methyl sites for hydroxylation is 3. The molecule has 8 nitrogen and oxygen atoms in total. The van der Waals surface area contributed by atoms with Gasteiger partial charge in [-0.2, -0.15) is 5.10 Å². The Morgan fingerprint density at radius 1 is 1.19 bits per heavy atom. The van der Waals surface area contributed by atoms with Gasteiger partial charge in [-0.3, -0.25) is 9.48 Å². The Hall–Kier alpha value is -3.40. The molecule has 1 aliphatic rings. The molecule has 0 radical (unpaired) electrons. The maximum absolute atomic E-state index is 13.4. The van der Waals surface area contributed by atoms with Crippen LogP contribution in [-0.4, -0.2) is 50.0 Å². The largest absolute Gasteiger partial charge is 0.391 e. The quantitative estimate of drug-likeness (QED) is 0.608. The molecule has 168 valence electrons. The van der Waals surface area contributed by atoms with Crippen molar-refractivity contribution in [2.75, 3.05) is 17.3 Å². The molecule has 1 amide bonds. The second-order valence-electron chi connectivity index (χ2n) is 8.00. The highest BCUT2D eigenvalue weighted by Gasteiger charge is 2.36. The van der Waals surface area contributed by atoms with Gasteiger partial charge in [-0.05, 0) is 43.5 Å². The van der Waals surface area contributed by atoms with E-state index in [0.717, 1.165) is 17.7 Å². The van der Waals surface area contributed by atoms with Crippen molar-refractivity contribution in [3.05, 3.63) is 64.9 Å². The molecule has 0 aliphatic carbocycles. The van der Waals surface area contributed by atoms with E-state index in [-0.39, 0.29) is 5.91 Å². The van der Waals surface area contributed by atoms with Crippen molar-refractivity contribution in [3.63, 3.8) is 0 Å². The number of aromatic nitrogens is 4. The van der Waals surface area contributed by atoms with Crippen LogP contribution in [0.15, 0.2) is 30.6 Å². The summed E-state index contributed by atoms with van der Waals surface area (Å²) in [4.78, 5) is 23.1. The molecule has 32 heavy (non-hydrogen) atoms. The summed E-state index contributed by atoms with van der Waals surface area (Å²) in [6, 6.07) is 3.07. The molecule has 10 heteroatoms. The lowest BCUT2D eigenvalue weighted by Gasteiger charge is -2.36. The van der Waals surface area contributed by atoms with Crippen LogP contribution in [0, 0.1) is 18.6 Å². The number of carbonyl (C=O) groups is 1.